The van der Waals surface area contributed by atoms with Crippen molar-refractivity contribution in [1.29, 1.82) is 0 Å². The summed E-state index contributed by atoms with van der Waals surface area (Å²) in [6, 6.07) is 8.59. The maximum Gasteiger partial charge on any atom is 0.288 e. The minimum atomic E-state index is -0.474. The zero-order chi connectivity index (χ0) is 12.3. The first kappa shape index (κ1) is 11.5. The number of hydrogen-bond acceptors (Lipinski definition) is 3. The van der Waals surface area contributed by atoms with Gasteiger partial charge in [0.15, 0.2) is 0 Å². The van der Waals surface area contributed by atoms with E-state index in [1.165, 1.54) is 6.07 Å². The second-order valence-corrected chi connectivity index (χ2v) is 3.98. The number of hydrogen-bond donors (Lipinski definition) is 0. The molecule has 86 valence electrons. The highest BCUT2D eigenvalue weighted by Gasteiger charge is 2.12. The SMILES string of the molecule is O=[N+]([O-])c1cc(Cc2ccncc2)ccc1Cl. The molecule has 0 fully saturated rings. The van der Waals surface area contributed by atoms with Gasteiger partial charge in [-0.25, -0.2) is 0 Å². The van der Waals surface area contributed by atoms with Crippen LogP contribution in [0.4, 0.5) is 5.69 Å². The lowest BCUT2D eigenvalue weighted by Gasteiger charge is -2.02. The smallest absolute Gasteiger partial charge is 0.265 e. The van der Waals surface area contributed by atoms with E-state index in [2.05, 4.69) is 4.98 Å². The summed E-state index contributed by atoms with van der Waals surface area (Å²) in [5, 5.41) is 10.9. The average Bonchev–Trinajstić information content (AvgIpc) is 2.32. The van der Waals surface area contributed by atoms with Crippen molar-refractivity contribution in [2.75, 3.05) is 0 Å². The van der Waals surface area contributed by atoms with Crippen LogP contribution in [0.15, 0.2) is 42.7 Å². The molecule has 5 heteroatoms. The Morgan fingerprint density at radius 3 is 2.53 bits per heavy atom. The quantitative estimate of drug-likeness (QED) is 0.619. The number of benzene rings is 1. The fraction of sp³-hybridized carbons (Fsp3) is 0.0833. The summed E-state index contributed by atoms with van der Waals surface area (Å²) in [7, 11) is 0. The molecule has 0 aliphatic heterocycles. The van der Waals surface area contributed by atoms with Crippen LogP contribution in [0.25, 0.3) is 0 Å². The molecule has 1 heterocycles. The molecule has 0 unspecified atom stereocenters. The fourth-order valence-corrected chi connectivity index (χ4v) is 1.73. The van der Waals surface area contributed by atoms with Gasteiger partial charge < -0.3 is 0 Å². The van der Waals surface area contributed by atoms with Crippen LogP contribution >= 0.6 is 11.6 Å². The molecule has 1 aromatic heterocycles. The number of nitro groups is 1. The molecule has 0 aliphatic carbocycles. The zero-order valence-electron chi connectivity index (χ0n) is 8.84. The van der Waals surface area contributed by atoms with Crippen molar-refractivity contribution >= 4 is 17.3 Å². The Morgan fingerprint density at radius 1 is 1.18 bits per heavy atom. The molecule has 4 nitrogen and oxygen atoms in total. The van der Waals surface area contributed by atoms with Gasteiger partial charge in [-0.15, -0.1) is 0 Å². The topological polar surface area (TPSA) is 56.0 Å². The van der Waals surface area contributed by atoms with Gasteiger partial charge in [0, 0.05) is 18.5 Å². The second kappa shape index (κ2) is 4.93. The van der Waals surface area contributed by atoms with Crippen molar-refractivity contribution in [3.63, 3.8) is 0 Å². The molecule has 0 saturated carbocycles. The van der Waals surface area contributed by atoms with E-state index < -0.39 is 4.92 Å². The van der Waals surface area contributed by atoms with Crippen molar-refractivity contribution < 1.29 is 4.92 Å². The van der Waals surface area contributed by atoms with Gasteiger partial charge in [-0.05, 0) is 35.7 Å². The van der Waals surface area contributed by atoms with Gasteiger partial charge in [0.05, 0.1) is 4.92 Å². The zero-order valence-corrected chi connectivity index (χ0v) is 9.59. The van der Waals surface area contributed by atoms with Crippen LogP contribution in [0.5, 0.6) is 0 Å². The fourth-order valence-electron chi connectivity index (χ4n) is 1.54. The van der Waals surface area contributed by atoms with Gasteiger partial charge in [0.1, 0.15) is 5.02 Å². The summed E-state index contributed by atoms with van der Waals surface area (Å²) in [5.74, 6) is 0. The number of pyridine rings is 1. The average molecular weight is 249 g/mol. The molecule has 2 aromatic rings. The molecule has 0 N–H and O–H groups in total. The van der Waals surface area contributed by atoms with Crippen LogP contribution in [0.2, 0.25) is 5.02 Å². The first-order chi connectivity index (χ1) is 8.16. The maximum atomic E-state index is 10.7. The summed E-state index contributed by atoms with van der Waals surface area (Å²) >= 11 is 5.74. The third kappa shape index (κ3) is 2.79. The van der Waals surface area contributed by atoms with Crippen LogP contribution in [-0.2, 0) is 6.42 Å². The largest absolute Gasteiger partial charge is 0.288 e. The van der Waals surface area contributed by atoms with Gasteiger partial charge in [0.25, 0.3) is 5.69 Å². The summed E-state index contributed by atoms with van der Waals surface area (Å²) in [6.07, 6.45) is 4.01. The second-order valence-electron chi connectivity index (χ2n) is 3.58. The molecule has 17 heavy (non-hydrogen) atoms. The van der Waals surface area contributed by atoms with Crippen LogP contribution in [-0.4, -0.2) is 9.91 Å². The number of aromatic nitrogens is 1. The number of nitro benzene ring substituents is 1. The third-order valence-electron chi connectivity index (χ3n) is 2.36. The van der Waals surface area contributed by atoms with E-state index in [0.717, 1.165) is 11.1 Å². The Kier molecular flexibility index (Phi) is 3.35. The standard InChI is InChI=1S/C12H9ClN2O2/c13-11-2-1-10(8-12(11)15(16)17)7-9-3-5-14-6-4-9/h1-6,8H,7H2. The van der Waals surface area contributed by atoms with E-state index in [9.17, 15) is 10.1 Å². The normalized spacial score (nSPS) is 10.2. The monoisotopic (exact) mass is 248 g/mol. The van der Waals surface area contributed by atoms with Crippen molar-refractivity contribution in [3.05, 3.63) is 69.0 Å². The first-order valence-corrected chi connectivity index (χ1v) is 5.36. The summed E-state index contributed by atoms with van der Waals surface area (Å²) in [5.41, 5.74) is 1.85. The van der Waals surface area contributed by atoms with E-state index in [1.54, 1.807) is 24.5 Å². The van der Waals surface area contributed by atoms with Crippen molar-refractivity contribution in [3.8, 4) is 0 Å². The third-order valence-corrected chi connectivity index (χ3v) is 2.68. The van der Waals surface area contributed by atoms with Crippen molar-refractivity contribution in [2.45, 2.75) is 6.42 Å². The minimum absolute atomic E-state index is 0.0572. The van der Waals surface area contributed by atoms with Gasteiger partial charge in [0.2, 0.25) is 0 Å². The molecule has 0 amide bonds. The molecule has 0 spiro atoms. The number of halogens is 1. The number of rotatable bonds is 3. The molecule has 2 rings (SSSR count). The van der Waals surface area contributed by atoms with Crippen LogP contribution in [0.3, 0.4) is 0 Å². The Hall–Kier alpha value is -1.94. The van der Waals surface area contributed by atoms with Crippen molar-refractivity contribution in [2.24, 2.45) is 0 Å². The van der Waals surface area contributed by atoms with Gasteiger partial charge >= 0.3 is 0 Å². The summed E-state index contributed by atoms with van der Waals surface area (Å²) in [6.45, 7) is 0. The Morgan fingerprint density at radius 2 is 1.88 bits per heavy atom. The maximum absolute atomic E-state index is 10.7. The van der Waals surface area contributed by atoms with Crippen molar-refractivity contribution in [1.82, 2.24) is 4.98 Å². The van der Waals surface area contributed by atoms with Crippen LogP contribution < -0.4 is 0 Å². The van der Waals surface area contributed by atoms with E-state index >= 15 is 0 Å². The highest BCUT2D eigenvalue weighted by atomic mass is 35.5. The minimum Gasteiger partial charge on any atom is -0.265 e. The molecule has 0 aliphatic rings. The predicted octanol–water partition coefficient (Wildman–Crippen LogP) is 3.23. The Labute approximate surface area is 103 Å². The first-order valence-electron chi connectivity index (χ1n) is 4.98. The Bertz CT molecular complexity index is 543. The lowest BCUT2D eigenvalue weighted by Crippen LogP contribution is -1.93. The number of nitrogens with zero attached hydrogens (tertiary/aromatic N) is 2. The molecular weight excluding hydrogens is 240 g/mol. The van der Waals surface area contributed by atoms with E-state index in [0.29, 0.717) is 6.42 Å². The highest BCUT2D eigenvalue weighted by Crippen LogP contribution is 2.25. The van der Waals surface area contributed by atoms with Gasteiger partial charge in [-0.2, -0.15) is 0 Å². The highest BCUT2D eigenvalue weighted by molar-refractivity contribution is 6.32. The van der Waals surface area contributed by atoms with E-state index in [4.69, 9.17) is 11.6 Å². The molecule has 0 atom stereocenters. The molecular formula is C12H9ClN2O2. The molecule has 0 saturated heterocycles. The molecule has 0 radical (unpaired) electrons. The predicted molar refractivity (Wildman–Crippen MR) is 65.1 cm³/mol. The lowest BCUT2D eigenvalue weighted by molar-refractivity contribution is -0.384. The lowest BCUT2D eigenvalue weighted by atomic mass is 10.1. The Balaban J connectivity index is 2.29. The van der Waals surface area contributed by atoms with E-state index in [-0.39, 0.29) is 10.7 Å². The molecule has 1 aromatic carbocycles. The van der Waals surface area contributed by atoms with E-state index in [1.807, 2.05) is 12.1 Å². The van der Waals surface area contributed by atoms with Gasteiger partial charge in [-0.1, -0.05) is 17.7 Å². The van der Waals surface area contributed by atoms with Gasteiger partial charge in [-0.3, -0.25) is 15.1 Å². The summed E-state index contributed by atoms with van der Waals surface area (Å²) < 4.78 is 0. The van der Waals surface area contributed by atoms with Crippen LogP contribution in [0.1, 0.15) is 11.1 Å². The molecule has 0 bridgehead atoms. The van der Waals surface area contributed by atoms with Crippen LogP contribution in [0, 0.1) is 10.1 Å². The summed E-state index contributed by atoms with van der Waals surface area (Å²) in [4.78, 5) is 14.2.